The molecule has 5 heteroatoms. The van der Waals surface area contributed by atoms with Crippen LogP contribution in [0.3, 0.4) is 0 Å². The lowest BCUT2D eigenvalue weighted by atomic mass is 10.0. The highest BCUT2D eigenvalue weighted by atomic mass is 32.1. The fourth-order valence-corrected chi connectivity index (χ4v) is 3.58. The largest absolute Gasteiger partial charge is 0.362 e. The molecule has 3 rings (SSSR count). The van der Waals surface area contributed by atoms with Crippen molar-refractivity contribution in [3.63, 3.8) is 0 Å². The van der Waals surface area contributed by atoms with Crippen LogP contribution in [0, 0.1) is 5.92 Å². The van der Waals surface area contributed by atoms with Gasteiger partial charge in [0.05, 0.1) is 11.9 Å². The highest BCUT2D eigenvalue weighted by Crippen LogP contribution is 2.22. The van der Waals surface area contributed by atoms with E-state index in [1.807, 2.05) is 12.3 Å². The van der Waals surface area contributed by atoms with E-state index >= 15 is 0 Å². The van der Waals surface area contributed by atoms with Crippen molar-refractivity contribution in [2.24, 2.45) is 5.92 Å². The van der Waals surface area contributed by atoms with E-state index < -0.39 is 0 Å². The molecule has 1 aromatic heterocycles. The van der Waals surface area contributed by atoms with E-state index in [-0.39, 0.29) is 0 Å². The Balaban J connectivity index is 1.40. The summed E-state index contributed by atoms with van der Waals surface area (Å²) in [5.74, 6) is 1.81. The van der Waals surface area contributed by atoms with Gasteiger partial charge in [0.2, 0.25) is 0 Å². The van der Waals surface area contributed by atoms with Gasteiger partial charge in [-0.3, -0.25) is 0 Å². The Labute approximate surface area is 162 Å². The summed E-state index contributed by atoms with van der Waals surface area (Å²) < 4.78 is 0. The van der Waals surface area contributed by atoms with Crippen LogP contribution >= 0.6 is 12.2 Å². The van der Waals surface area contributed by atoms with Gasteiger partial charge in [-0.2, -0.15) is 0 Å². The number of rotatable bonds is 6. The molecule has 2 aromatic rings. The van der Waals surface area contributed by atoms with E-state index in [1.54, 1.807) is 0 Å². The van der Waals surface area contributed by atoms with E-state index in [1.165, 1.54) is 18.4 Å². The minimum absolute atomic E-state index is 0.652. The lowest BCUT2D eigenvalue weighted by molar-refractivity contribution is 0.444. The standard InChI is InChI=1S/C21H28N4S/c1-17-7-6-14-25(16-17)20-12-11-19(15-23-20)24-21(26)22-13-5-10-18-8-3-2-4-9-18/h2-4,8-9,11-12,15,17H,5-7,10,13-14,16H2,1H3,(H2,22,24,26). The van der Waals surface area contributed by atoms with E-state index in [2.05, 4.69) is 63.8 Å². The summed E-state index contributed by atoms with van der Waals surface area (Å²) >= 11 is 5.38. The van der Waals surface area contributed by atoms with Crippen molar-refractivity contribution < 1.29 is 0 Å². The Morgan fingerprint density at radius 1 is 1.23 bits per heavy atom. The monoisotopic (exact) mass is 368 g/mol. The Morgan fingerprint density at radius 2 is 2.08 bits per heavy atom. The molecule has 0 aliphatic carbocycles. The molecule has 138 valence electrons. The first-order chi connectivity index (χ1) is 12.7. The number of hydrogen-bond donors (Lipinski definition) is 2. The molecule has 1 fully saturated rings. The minimum atomic E-state index is 0.652. The van der Waals surface area contributed by atoms with E-state index in [4.69, 9.17) is 12.2 Å². The van der Waals surface area contributed by atoms with Gasteiger partial charge in [0.1, 0.15) is 5.82 Å². The van der Waals surface area contributed by atoms with Crippen LogP contribution in [-0.4, -0.2) is 29.7 Å². The zero-order chi connectivity index (χ0) is 18.2. The molecule has 0 amide bonds. The third-order valence-corrected chi connectivity index (χ3v) is 5.00. The smallest absolute Gasteiger partial charge is 0.170 e. The maximum Gasteiger partial charge on any atom is 0.170 e. The van der Waals surface area contributed by atoms with Crippen molar-refractivity contribution >= 4 is 28.8 Å². The van der Waals surface area contributed by atoms with E-state index in [0.717, 1.165) is 49.9 Å². The van der Waals surface area contributed by atoms with Gasteiger partial charge in [-0.15, -0.1) is 0 Å². The number of hydrogen-bond acceptors (Lipinski definition) is 3. The number of aromatic nitrogens is 1. The zero-order valence-electron chi connectivity index (χ0n) is 15.4. The van der Waals surface area contributed by atoms with Crippen molar-refractivity contribution in [2.75, 3.05) is 29.9 Å². The Hall–Kier alpha value is -2.14. The summed E-state index contributed by atoms with van der Waals surface area (Å²) in [6.45, 7) is 5.37. The molecule has 0 spiro atoms. The Kier molecular flexibility index (Phi) is 6.83. The maximum atomic E-state index is 5.38. The van der Waals surface area contributed by atoms with Gasteiger partial charge in [-0.05, 0) is 61.5 Å². The molecular weight excluding hydrogens is 340 g/mol. The number of piperidine rings is 1. The van der Waals surface area contributed by atoms with Crippen molar-refractivity contribution in [3.8, 4) is 0 Å². The summed E-state index contributed by atoms with van der Waals surface area (Å²) in [4.78, 5) is 6.98. The fourth-order valence-electron chi connectivity index (χ4n) is 3.36. The topological polar surface area (TPSA) is 40.2 Å². The van der Waals surface area contributed by atoms with Gasteiger partial charge in [0.15, 0.2) is 5.11 Å². The molecule has 1 aliphatic heterocycles. The summed E-state index contributed by atoms with van der Waals surface area (Å²) in [5.41, 5.74) is 2.29. The second-order valence-corrected chi connectivity index (χ2v) is 7.48. The minimum Gasteiger partial charge on any atom is -0.362 e. The van der Waals surface area contributed by atoms with Gasteiger partial charge >= 0.3 is 0 Å². The van der Waals surface area contributed by atoms with Crippen molar-refractivity contribution in [1.29, 1.82) is 0 Å². The van der Waals surface area contributed by atoms with Gasteiger partial charge in [0.25, 0.3) is 0 Å². The molecule has 2 N–H and O–H groups in total. The SMILES string of the molecule is CC1CCCN(c2ccc(NC(=S)NCCCc3ccccc3)cn2)C1. The predicted octanol–water partition coefficient (Wildman–Crippen LogP) is 4.24. The predicted molar refractivity (Wildman–Crippen MR) is 114 cm³/mol. The Morgan fingerprint density at radius 3 is 2.81 bits per heavy atom. The molecule has 0 radical (unpaired) electrons. The van der Waals surface area contributed by atoms with Crippen molar-refractivity contribution in [2.45, 2.75) is 32.6 Å². The van der Waals surface area contributed by atoms with Crippen LogP contribution in [0.5, 0.6) is 0 Å². The molecular formula is C21H28N4S. The number of nitrogens with one attached hydrogen (secondary N) is 2. The van der Waals surface area contributed by atoms with Crippen LogP contribution in [0.15, 0.2) is 48.7 Å². The molecule has 1 aromatic carbocycles. The Bertz CT molecular complexity index is 687. The number of thiocarbonyl (C=S) groups is 1. The number of aryl methyl sites for hydroxylation is 1. The summed E-state index contributed by atoms with van der Waals surface area (Å²) in [6.07, 6.45) is 6.55. The molecule has 1 unspecified atom stereocenters. The number of anilines is 2. The van der Waals surface area contributed by atoms with E-state index in [9.17, 15) is 0 Å². The summed E-state index contributed by atoms with van der Waals surface area (Å²) in [6, 6.07) is 14.7. The fraction of sp³-hybridized carbons (Fsp3) is 0.429. The molecule has 1 saturated heterocycles. The first-order valence-corrected chi connectivity index (χ1v) is 9.91. The average Bonchev–Trinajstić information content (AvgIpc) is 2.67. The van der Waals surface area contributed by atoms with Crippen molar-refractivity contribution in [1.82, 2.24) is 10.3 Å². The van der Waals surface area contributed by atoms with Crippen LogP contribution in [0.25, 0.3) is 0 Å². The zero-order valence-corrected chi connectivity index (χ0v) is 16.3. The van der Waals surface area contributed by atoms with Crippen molar-refractivity contribution in [3.05, 3.63) is 54.2 Å². The van der Waals surface area contributed by atoms with Crippen LogP contribution in [-0.2, 0) is 6.42 Å². The summed E-state index contributed by atoms with van der Waals surface area (Å²) in [5, 5.41) is 7.14. The molecule has 0 bridgehead atoms. The lowest BCUT2D eigenvalue weighted by Crippen LogP contribution is -2.34. The van der Waals surface area contributed by atoms with Crippen LogP contribution < -0.4 is 15.5 Å². The lowest BCUT2D eigenvalue weighted by Gasteiger charge is -2.31. The second-order valence-electron chi connectivity index (χ2n) is 7.07. The van der Waals surface area contributed by atoms with Crippen LogP contribution in [0.1, 0.15) is 31.7 Å². The number of pyridine rings is 1. The number of benzene rings is 1. The molecule has 1 atom stereocenters. The first kappa shape index (κ1) is 18.6. The van der Waals surface area contributed by atoms with Gasteiger partial charge in [-0.25, -0.2) is 4.98 Å². The van der Waals surface area contributed by atoms with Gasteiger partial charge < -0.3 is 15.5 Å². The van der Waals surface area contributed by atoms with Gasteiger partial charge in [-0.1, -0.05) is 37.3 Å². The molecule has 2 heterocycles. The molecule has 1 aliphatic rings. The second kappa shape index (κ2) is 9.53. The quantitative estimate of drug-likeness (QED) is 0.590. The third-order valence-electron chi connectivity index (χ3n) is 4.76. The number of nitrogens with zero attached hydrogens (tertiary/aromatic N) is 2. The first-order valence-electron chi connectivity index (χ1n) is 9.50. The van der Waals surface area contributed by atoms with E-state index in [0.29, 0.717) is 5.11 Å². The molecule has 26 heavy (non-hydrogen) atoms. The molecule has 0 saturated carbocycles. The summed E-state index contributed by atoms with van der Waals surface area (Å²) in [7, 11) is 0. The normalized spacial score (nSPS) is 17.0. The third kappa shape index (κ3) is 5.70. The van der Waals surface area contributed by atoms with Crippen LogP contribution in [0.2, 0.25) is 0 Å². The highest BCUT2D eigenvalue weighted by molar-refractivity contribution is 7.80. The average molecular weight is 369 g/mol. The van der Waals surface area contributed by atoms with Crippen LogP contribution in [0.4, 0.5) is 11.5 Å². The van der Waals surface area contributed by atoms with Gasteiger partial charge in [0, 0.05) is 19.6 Å². The highest BCUT2D eigenvalue weighted by Gasteiger charge is 2.17. The molecule has 4 nitrogen and oxygen atoms in total. The maximum absolute atomic E-state index is 5.38.